The van der Waals surface area contributed by atoms with Crippen molar-refractivity contribution in [1.82, 2.24) is 9.80 Å². The fraction of sp³-hybridized carbons (Fsp3) is 0.389. The van der Waals surface area contributed by atoms with Crippen LogP contribution in [0.25, 0.3) is 16.8 Å². The minimum atomic E-state index is -0.831. The Morgan fingerprint density at radius 1 is 0.800 bits per heavy atom. The van der Waals surface area contributed by atoms with Gasteiger partial charge in [0.15, 0.2) is 11.6 Å². The van der Waals surface area contributed by atoms with Crippen LogP contribution in [-0.4, -0.2) is 36.0 Å². The highest BCUT2D eigenvalue weighted by Gasteiger charge is 2.28. The summed E-state index contributed by atoms with van der Waals surface area (Å²) in [5, 5.41) is 0. The molecule has 0 bridgehead atoms. The van der Waals surface area contributed by atoms with Crippen molar-refractivity contribution in [3.05, 3.63) is 114 Å². The van der Waals surface area contributed by atoms with Gasteiger partial charge in [0, 0.05) is 48.9 Å². The van der Waals surface area contributed by atoms with Crippen LogP contribution in [0.5, 0.6) is 0 Å². The molecule has 1 unspecified atom stereocenters. The molecule has 2 saturated heterocycles. The van der Waals surface area contributed by atoms with Crippen LogP contribution in [0.2, 0.25) is 0 Å². The van der Waals surface area contributed by atoms with E-state index >= 15 is 0 Å². The summed E-state index contributed by atoms with van der Waals surface area (Å²) in [5.74, 6) is -1.22. The minimum Gasteiger partial charge on any atom is -0.375 e. The number of likely N-dealkylation sites (tertiary alicyclic amines) is 2. The van der Waals surface area contributed by atoms with E-state index in [1.807, 2.05) is 24.3 Å². The van der Waals surface area contributed by atoms with Gasteiger partial charge < -0.3 is 9.80 Å². The molecule has 0 N–H and O–H groups in total. The Morgan fingerprint density at radius 3 is 2.30 bits per heavy atom. The predicted octanol–water partition coefficient (Wildman–Crippen LogP) is 9.05. The molecule has 0 saturated carbocycles. The van der Waals surface area contributed by atoms with Gasteiger partial charge in [-0.2, -0.15) is 0 Å². The van der Waals surface area contributed by atoms with Gasteiger partial charge in [-0.05, 0) is 84.5 Å². The second-order valence-electron chi connectivity index (χ2n) is 12.2. The third-order valence-corrected chi connectivity index (χ3v) is 8.84. The third-order valence-electron chi connectivity index (χ3n) is 8.84. The summed E-state index contributed by atoms with van der Waals surface area (Å²) >= 11 is 0. The largest absolute Gasteiger partial charge is 0.375 e. The van der Waals surface area contributed by atoms with Crippen LogP contribution in [0, 0.1) is 17.0 Å². The molecule has 3 aromatic carbocycles. The number of benzene rings is 3. The van der Waals surface area contributed by atoms with Crippen molar-refractivity contribution >= 4 is 5.70 Å². The molecule has 3 aromatic rings. The van der Waals surface area contributed by atoms with Crippen molar-refractivity contribution < 1.29 is 8.78 Å². The van der Waals surface area contributed by atoms with E-state index in [-0.39, 0.29) is 5.41 Å². The van der Waals surface area contributed by atoms with E-state index in [1.165, 1.54) is 48.2 Å². The molecule has 2 nitrogen and oxygen atoms in total. The van der Waals surface area contributed by atoms with E-state index < -0.39 is 11.6 Å². The lowest BCUT2D eigenvalue weighted by Gasteiger charge is -2.39. The molecule has 0 radical (unpaired) electrons. The van der Waals surface area contributed by atoms with Gasteiger partial charge in [0.2, 0.25) is 0 Å². The van der Waals surface area contributed by atoms with Gasteiger partial charge >= 0.3 is 0 Å². The molecular formula is C36H42F2N2. The number of piperidine rings is 2. The quantitative estimate of drug-likeness (QED) is 0.281. The fourth-order valence-corrected chi connectivity index (χ4v) is 6.39. The van der Waals surface area contributed by atoms with Crippen LogP contribution >= 0.6 is 0 Å². The maximum atomic E-state index is 13.9. The highest BCUT2D eigenvalue weighted by molar-refractivity contribution is 5.71. The lowest BCUT2D eigenvalue weighted by Crippen LogP contribution is -2.36. The van der Waals surface area contributed by atoms with Crippen molar-refractivity contribution in [3.63, 3.8) is 0 Å². The number of halogens is 2. The minimum absolute atomic E-state index is 0.0152. The molecule has 1 atom stereocenters. The number of allylic oxidation sites excluding steroid dienone is 1. The normalized spacial score (nSPS) is 18.1. The van der Waals surface area contributed by atoms with Crippen LogP contribution in [0.3, 0.4) is 0 Å². The highest BCUT2D eigenvalue weighted by atomic mass is 19.2. The second-order valence-corrected chi connectivity index (χ2v) is 12.2. The Kier molecular flexibility index (Phi) is 8.44. The van der Waals surface area contributed by atoms with E-state index in [9.17, 15) is 8.78 Å². The number of rotatable bonds is 8. The second kappa shape index (κ2) is 12.0. The molecule has 0 spiro atoms. The predicted molar refractivity (Wildman–Crippen MR) is 163 cm³/mol. The molecule has 5 rings (SSSR count). The lowest BCUT2D eigenvalue weighted by atomic mass is 9.80. The summed E-state index contributed by atoms with van der Waals surface area (Å²) in [7, 11) is 0. The zero-order chi connectivity index (χ0) is 28.3. The molecule has 210 valence electrons. The van der Waals surface area contributed by atoms with Gasteiger partial charge in [-0.3, -0.25) is 0 Å². The van der Waals surface area contributed by atoms with Gasteiger partial charge in [-0.1, -0.05) is 75.5 Å². The summed E-state index contributed by atoms with van der Waals surface area (Å²) in [6.07, 6.45) is 7.11. The van der Waals surface area contributed by atoms with Crippen molar-refractivity contribution in [2.45, 2.75) is 58.3 Å². The van der Waals surface area contributed by atoms with Crippen LogP contribution in [-0.2, 0) is 6.42 Å². The molecule has 0 aromatic heterocycles. The highest BCUT2D eigenvalue weighted by Crippen LogP contribution is 2.36. The van der Waals surface area contributed by atoms with Gasteiger partial charge in [0.05, 0.1) is 0 Å². The van der Waals surface area contributed by atoms with Crippen molar-refractivity contribution in [1.29, 1.82) is 0 Å². The lowest BCUT2D eigenvalue weighted by molar-refractivity contribution is 0.221. The summed E-state index contributed by atoms with van der Waals surface area (Å²) in [5.41, 5.74) is 7.55. The molecule has 2 heterocycles. The van der Waals surface area contributed by atoms with E-state index in [4.69, 9.17) is 0 Å². The molecule has 2 aliphatic rings. The van der Waals surface area contributed by atoms with E-state index in [0.717, 1.165) is 62.3 Å². The molecule has 0 amide bonds. The first kappa shape index (κ1) is 28.1. The van der Waals surface area contributed by atoms with Crippen molar-refractivity contribution in [2.24, 2.45) is 5.41 Å². The van der Waals surface area contributed by atoms with Crippen LogP contribution in [0.15, 0.2) is 85.6 Å². The standard InChI is InChI=1S/C36H42F2N2/c1-26(29-12-9-14-31(22-29)32-16-17-34(37)35(38)23-32)40-20-10-15-33(25-40)30-13-8-11-28(21-30)24-36(3,4)27(2)39-18-6-5-7-19-39/h8-9,11-14,16-17,21-23,33H,1-2,5-7,10,15,18-20,24-25H2,3-4H3. The zero-order valence-electron chi connectivity index (χ0n) is 24.1. The van der Waals surface area contributed by atoms with E-state index in [1.54, 1.807) is 6.07 Å². The zero-order valence-corrected chi connectivity index (χ0v) is 24.1. The molecule has 40 heavy (non-hydrogen) atoms. The summed E-state index contributed by atoms with van der Waals surface area (Å²) in [6.45, 7) is 17.8. The molecule has 0 aliphatic carbocycles. The van der Waals surface area contributed by atoms with Crippen LogP contribution in [0.4, 0.5) is 8.78 Å². The molecule has 2 aliphatic heterocycles. The SMILES string of the molecule is C=C(c1cccc(-c2ccc(F)c(F)c2)c1)N1CCCC(c2cccc(CC(C)(C)C(=C)N3CCCCC3)c2)C1. The Labute approximate surface area is 239 Å². The smallest absolute Gasteiger partial charge is 0.159 e. The topological polar surface area (TPSA) is 6.48 Å². The average Bonchev–Trinajstić information content (AvgIpc) is 2.98. The molecule has 2 fully saturated rings. The average molecular weight is 541 g/mol. The fourth-order valence-electron chi connectivity index (χ4n) is 6.39. The van der Waals surface area contributed by atoms with E-state index in [2.05, 4.69) is 61.1 Å². The monoisotopic (exact) mass is 540 g/mol. The van der Waals surface area contributed by atoms with Crippen LogP contribution < -0.4 is 0 Å². The summed E-state index contributed by atoms with van der Waals surface area (Å²) in [4.78, 5) is 4.88. The van der Waals surface area contributed by atoms with Crippen molar-refractivity contribution in [3.8, 4) is 11.1 Å². The first-order chi connectivity index (χ1) is 19.2. The van der Waals surface area contributed by atoms with Gasteiger partial charge in [-0.25, -0.2) is 8.78 Å². The van der Waals surface area contributed by atoms with Crippen molar-refractivity contribution in [2.75, 3.05) is 26.2 Å². The Hall–Kier alpha value is -3.40. The Morgan fingerprint density at radius 2 is 1.52 bits per heavy atom. The maximum Gasteiger partial charge on any atom is 0.159 e. The summed E-state index contributed by atoms with van der Waals surface area (Å²) in [6, 6.07) is 21.2. The van der Waals surface area contributed by atoms with Gasteiger partial charge in [-0.15, -0.1) is 0 Å². The molecule has 4 heteroatoms. The van der Waals surface area contributed by atoms with Gasteiger partial charge in [0.1, 0.15) is 0 Å². The summed E-state index contributed by atoms with van der Waals surface area (Å²) < 4.78 is 27.3. The Balaban J connectivity index is 1.28. The Bertz CT molecular complexity index is 1370. The number of nitrogens with zero attached hydrogens (tertiary/aromatic N) is 2. The number of hydrogen-bond donors (Lipinski definition) is 0. The van der Waals surface area contributed by atoms with Crippen LogP contribution in [0.1, 0.15) is 68.6 Å². The third kappa shape index (κ3) is 6.32. The first-order valence-corrected chi connectivity index (χ1v) is 14.7. The number of hydrogen-bond acceptors (Lipinski definition) is 2. The maximum absolute atomic E-state index is 13.9. The van der Waals surface area contributed by atoms with Gasteiger partial charge in [0.25, 0.3) is 0 Å². The molecular weight excluding hydrogens is 498 g/mol. The first-order valence-electron chi connectivity index (χ1n) is 14.7. The van der Waals surface area contributed by atoms with E-state index in [0.29, 0.717) is 11.5 Å².